The summed E-state index contributed by atoms with van der Waals surface area (Å²) in [4.78, 5) is 2.53. The number of piperidine rings is 1. The maximum Gasteiger partial charge on any atom is 0.0595 e. The minimum atomic E-state index is -0.0471. The van der Waals surface area contributed by atoms with E-state index in [4.69, 9.17) is 4.74 Å². The van der Waals surface area contributed by atoms with E-state index in [9.17, 15) is 5.11 Å². The van der Waals surface area contributed by atoms with Crippen LogP contribution in [0.2, 0.25) is 0 Å². The summed E-state index contributed by atoms with van der Waals surface area (Å²) < 4.78 is 5.15. The molecule has 0 spiro atoms. The zero-order chi connectivity index (χ0) is 10.7. The Morgan fingerprint density at radius 2 is 2.07 bits per heavy atom. The Morgan fingerprint density at radius 1 is 1.27 bits per heavy atom. The van der Waals surface area contributed by atoms with Gasteiger partial charge in [0.25, 0.3) is 0 Å². The maximum atomic E-state index is 9.99. The van der Waals surface area contributed by atoms with Crippen molar-refractivity contribution >= 4 is 0 Å². The lowest BCUT2D eigenvalue weighted by Gasteiger charge is -2.46. The van der Waals surface area contributed by atoms with E-state index in [1.54, 1.807) is 7.11 Å². The van der Waals surface area contributed by atoms with Gasteiger partial charge in [-0.25, -0.2) is 0 Å². The summed E-state index contributed by atoms with van der Waals surface area (Å²) >= 11 is 0. The van der Waals surface area contributed by atoms with Gasteiger partial charge < -0.3 is 9.84 Å². The highest BCUT2D eigenvalue weighted by Gasteiger charge is 2.37. The Bertz CT molecular complexity index is 196. The Labute approximate surface area is 92.4 Å². The van der Waals surface area contributed by atoms with Crippen LogP contribution in [0, 0.1) is 5.92 Å². The molecule has 2 rings (SSSR count). The van der Waals surface area contributed by atoms with E-state index in [1.807, 2.05) is 0 Å². The largest absolute Gasteiger partial charge is 0.393 e. The zero-order valence-corrected chi connectivity index (χ0v) is 9.69. The number of hydrogen-bond acceptors (Lipinski definition) is 3. The lowest BCUT2D eigenvalue weighted by Crippen LogP contribution is -2.53. The van der Waals surface area contributed by atoms with E-state index in [2.05, 4.69) is 4.90 Å². The van der Waals surface area contributed by atoms with Gasteiger partial charge in [-0.1, -0.05) is 12.8 Å². The van der Waals surface area contributed by atoms with Crippen molar-refractivity contribution in [1.82, 2.24) is 4.90 Å². The molecule has 0 amide bonds. The van der Waals surface area contributed by atoms with Crippen LogP contribution in [0.3, 0.4) is 0 Å². The highest BCUT2D eigenvalue weighted by Crippen LogP contribution is 2.35. The zero-order valence-electron chi connectivity index (χ0n) is 9.69. The van der Waals surface area contributed by atoms with Crippen LogP contribution in [0.4, 0.5) is 0 Å². The van der Waals surface area contributed by atoms with Crippen molar-refractivity contribution in [2.75, 3.05) is 26.8 Å². The summed E-state index contributed by atoms with van der Waals surface area (Å²) in [6.07, 6.45) is 6.02. The smallest absolute Gasteiger partial charge is 0.0595 e. The van der Waals surface area contributed by atoms with Gasteiger partial charge in [-0.05, 0) is 19.3 Å². The van der Waals surface area contributed by atoms with Gasteiger partial charge in [0.15, 0.2) is 0 Å². The first-order chi connectivity index (χ1) is 7.33. The Balaban J connectivity index is 1.94. The second-order valence-corrected chi connectivity index (χ2v) is 4.90. The Kier molecular flexibility index (Phi) is 4.00. The van der Waals surface area contributed by atoms with Gasteiger partial charge in [-0.3, -0.25) is 4.90 Å². The van der Waals surface area contributed by atoms with Crippen molar-refractivity contribution < 1.29 is 9.84 Å². The normalized spacial score (nSPS) is 37.6. The number of hydrogen-bond donors (Lipinski definition) is 1. The van der Waals surface area contributed by atoms with Gasteiger partial charge in [0, 0.05) is 32.2 Å². The third kappa shape index (κ3) is 2.52. The molecule has 1 aliphatic heterocycles. The molecule has 0 aromatic heterocycles. The average molecular weight is 213 g/mol. The summed E-state index contributed by atoms with van der Waals surface area (Å²) in [7, 11) is 1.76. The van der Waals surface area contributed by atoms with Gasteiger partial charge in [-0.15, -0.1) is 0 Å². The number of aliphatic hydroxyl groups excluding tert-OH is 1. The Morgan fingerprint density at radius 3 is 2.87 bits per heavy atom. The van der Waals surface area contributed by atoms with Crippen molar-refractivity contribution in [3.8, 4) is 0 Å². The standard InChI is InChI=1S/C12H23NO2/c1-15-9-8-13-7-6-12(14)10-4-2-3-5-11(10)13/h10-12,14H,2-9H2,1H3/t10-,11+,12-/m1/s1. The van der Waals surface area contributed by atoms with E-state index in [1.165, 1.54) is 25.7 Å². The van der Waals surface area contributed by atoms with E-state index in [-0.39, 0.29) is 6.10 Å². The van der Waals surface area contributed by atoms with E-state index in [0.717, 1.165) is 26.1 Å². The van der Waals surface area contributed by atoms with Gasteiger partial charge in [0.05, 0.1) is 12.7 Å². The fourth-order valence-electron chi connectivity index (χ4n) is 3.21. The van der Waals surface area contributed by atoms with Crippen LogP contribution in [0.15, 0.2) is 0 Å². The van der Waals surface area contributed by atoms with Crippen LogP contribution >= 0.6 is 0 Å². The second-order valence-electron chi connectivity index (χ2n) is 4.90. The molecule has 88 valence electrons. The van der Waals surface area contributed by atoms with Crippen LogP contribution in [-0.4, -0.2) is 49.0 Å². The molecule has 3 atom stereocenters. The quantitative estimate of drug-likeness (QED) is 0.766. The number of rotatable bonds is 3. The average Bonchev–Trinajstić information content (AvgIpc) is 2.29. The van der Waals surface area contributed by atoms with Crippen LogP contribution in [-0.2, 0) is 4.74 Å². The third-order valence-corrected chi connectivity index (χ3v) is 4.04. The van der Waals surface area contributed by atoms with Crippen LogP contribution < -0.4 is 0 Å². The van der Waals surface area contributed by atoms with Crippen LogP contribution in [0.5, 0.6) is 0 Å². The summed E-state index contributed by atoms with van der Waals surface area (Å²) in [6.45, 7) is 2.90. The summed E-state index contributed by atoms with van der Waals surface area (Å²) in [6, 6.07) is 0.623. The molecule has 3 heteroatoms. The summed E-state index contributed by atoms with van der Waals surface area (Å²) in [5.41, 5.74) is 0. The molecule has 3 nitrogen and oxygen atoms in total. The monoisotopic (exact) mass is 213 g/mol. The molecule has 0 bridgehead atoms. The first-order valence-electron chi connectivity index (χ1n) is 6.24. The molecule has 0 aromatic carbocycles. The molecule has 1 aliphatic carbocycles. The fourth-order valence-corrected chi connectivity index (χ4v) is 3.21. The topological polar surface area (TPSA) is 32.7 Å². The third-order valence-electron chi connectivity index (χ3n) is 4.04. The van der Waals surface area contributed by atoms with Crippen molar-refractivity contribution in [2.45, 2.75) is 44.2 Å². The Hall–Kier alpha value is -0.120. The first-order valence-corrected chi connectivity index (χ1v) is 6.24. The number of likely N-dealkylation sites (tertiary alicyclic amines) is 1. The SMILES string of the molecule is COCCN1CC[C@@H](O)[C@@H]2CCCC[C@@H]21. The van der Waals surface area contributed by atoms with Crippen molar-refractivity contribution in [1.29, 1.82) is 0 Å². The molecule has 1 saturated heterocycles. The van der Waals surface area contributed by atoms with Crippen LogP contribution in [0.25, 0.3) is 0 Å². The molecule has 15 heavy (non-hydrogen) atoms. The number of ether oxygens (including phenoxy) is 1. The summed E-state index contributed by atoms with van der Waals surface area (Å²) in [5, 5.41) is 9.99. The molecule has 2 fully saturated rings. The molecular weight excluding hydrogens is 190 g/mol. The van der Waals surface area contributed by atoms with Gasteiger partial charge in [0.1, 0.15) is 0 Å². The predicted molar refractivity (Wildman–Crippen MR) is 59.8 cm³/mol. The number of fused-ring (bicyclic) bond motifs is 1. The highest BCUT2D eigenvalue weighted by molar-refractivity contribution is 4.91. The fraction of sp³-hybridized carbons (Fsp3) is 1.00. The van der Waals surface area contributed by atoms with Crippen LogP contribution in [0.1, 0.15) is 32.1 Å². The van der Waals surface area contributed by atoms with Crippen molar-refractivity contribution in [3.63, 3.8) is 0 Å². The maximum absolute atomic E-state index is 9.99. The molecule has 1 N–H and O–H groups in total. The lowest BCUT2D eigenvalue weighted by molar-refractivity contribution is -0.0422. The van der Waals surface area contributed by atoms with E-state index in [0.29, 0.717) is 12.0 Å². The number of methoxy groups -OCH3 is 1. The molecule has 1 saturated carbocycles. The number of nitrogens with zero attached hydrogens (tertiary/aromatic N) is 1. The molecule has 0 unspecified atom stereocenters. The predicted octanol–water partition coefficient (Wildman–Crippen LogP) is 1.26. The molecule has 0 aromatic rings. The van der Waals surface area contributed by atoms with Gasteiger partial charge in [0.2, 0.25) is 0 Å². The molecule has 2 aliphatic rings. The van der Waals surface area contributed by atoms with E-state index >= 15 is 0 Å². The molecular formula is C12H23NO2. The van der Waals surface area contributed by atoms with Gasteiger partial charge >= 0.3 is 0 Å². The molecule has 1 heterocycles. The summed E-state index contributed by atoms with van der Waals surface area (Å²) in [5.74, 6) is 0.532. The van der Waals surface area contributed by atoms with E-state index < -0.39 is 0 Å². The van der Waals surface area contributed by atoms with Crippen molar-refractivity contribution in [3.05, 3.63) is 0 Å². The molecule has 0 radical (unpaired) electrons. The second kappa shape index (κ2) is 5.28. The minimum absolute atomic E-state index is 0.0471. The highest BCUT2D eigenvalue weighted by atomic mass is 16.5. The van der Waals surface area contributed by atoms with Crippen molar-refractivity contribution in [2.24, 2.45) is 5.92 Å². The lowest BCUT2D eigenvalue weighted by atomic mass is 9.76. The first kappa shape index (κ1) is 11.4. The minimum Gasteiger partial charge on any atom is -0.393 e. The number of aliphatic hydroxyl groups is 1. The van der Waals surface area contributed by atoms with Gasteiger partial charge in [-0.2, -0.15) is 0 Å².